The zero-order valence-electron chi connectivity index (χ0n) is 10.8. The van der Waals surface area contributed by atoms with Crippen LogP contribution in [0.1, 0.15) is 29.3 Å². The number of urea groups is 1. The predicted molar refractivity (Wildman–Crippen MR) is 72.2 cm³/mol. The molecule has 0 aliphatic rings. The highest BCUT2D eigenvalue weighted by molar-refractivity contribution is 6.04. The van der Waals surface area contributed by atoms with Gasteiger partial charge in [-0.2, -0.15) is 0 Å². The highest BCUT2D eigenvalue weighted by atomic mass is 16.6. The number of hydrogen-bond donors (Lipinski definition) is 2. The van der Waals surface area contributed by atoms with E-state index in [9.17, 15) is 19.7 Å². The third-order valence-corrected chi connectivity index (χ3v) is 2.37. The van der Waals surface area contributed by atoms with E-state index < -0.39 is 16.9 Å². The first-order chi connectivity index (χ1) is 9.49. The van der Waals surface area contributed by atoms with Gasteiger partial charge in [0, 0.05) is 18.2 Å². The lowest BCUT2D eigenvalue weighted by atomic mass is 10.1. The molecule has 20 heavy (non-hydrogen) atoms. The second-order valence-corrected chi connectivity index (χ2v) is 3.84. The van der Waals surface area contributed by atoms with Gasteiger partial charge in [-0.1, -0.05) is 12.8 Å². The molecule has 1 rings (SSSR count). The number of carbonyl (C=O) groups excluding carboxylic acids is 2. The Kier molecular flexibility index (Phi) is 5.23. The molecule has 0 saturated carbocycles. The van der Waals surface area contributed by atoms with Crippen LogP contribution in [0.15, 0.2) is 18.2 Å². The van der Waals surface area contributed by atoms with Gasteiger partial charge in [-0.05, 0) is 18.6 Å². The first-order valence-corrected chi connectivity index (χ1v) is 5.83. The van der Waals surface area contributed by atoms with Crippen molar-refractivity contribution in [2.45, 2.75) is 13.3 Å². The molecular weight excluding hydrogens is 262 g/mol. The summed E-state index contributed by atoms with van der Waals surface area (Å²) in [4.78, 5) is 33.2. The van der Waals surface area contributed by atoms with Gasteiger partial charge in [0.1, 0.15) is 5.56 Å². The maximum atomic E-state index is 11.7. The van der Waals surface area contributed by atoms with Crippen LogP contribution in [0.3, 0.4) is 0 Å². The average molecular weight is 275 g/mol. The number of nitro benzene ring substituents is 1. The molecule has 0 aromatic heterocycles. The number of nitrogens with zero attached hydrogens (tertiary/aromatic N) is 1. The van der Waals surface area contributed by atoms with Crippen LogP contribution in [0, 0.1) is 22.5 Å². The second kappa shape index (κ2) is 6.89. The lowest BCUT2D eigenvalue weighted by molar-refractivity contribution is -0.385. The molecule has 0 saturated heterocycles. The van der Waals surface area contributed by atoms with Crippen LogP contribution in [0.4, 0.5) is 10.5 Å². The topological polar surface area (TPSA) is 101 Å². The fourth-order valence-corrected chi connectivity index (χ4v) is 1.40. The van der Waals surface area contributed by atoms with Crippen LogP contribution in [-0.4, -0.2) is 23.4 Å². The Bertz CT molecular complexity index is 590. The summed E-state index contributed by atoms with van der Waals surface area (Å²) in [6.07, 6.45) is 5.86. The summed E-state index contributed by atoms with van der Waals surface area (Å²) in [7, 11) is 0. The van der Waals surface area contributed by atoms with E-state index in [0.29, 0.717) is 6.54 Å². The molecule has 7 nitrogen and oxygen atoms in total. The predicted octanol–water partition coefficient (Wildman–Crippen LogP) is 1.43. The van der Waals surface area contributed by atoms with E-state index in [1.165, 1.54) is 12.1 Å². The Hall–Kier alpha value is -2.88. The largest absolute Gasteiger partial charge is 0.338 e. The van der Waals surface area contributed by atoms with E-state index in [2.05, 4.69) is 16.6 Å². The monoisotopic (exact) mass is 275 g/mol. The standard InChI is InChI=1S/C13H13N3O4/c1-3-7-14-13(18)15-12(17)10-6-5-9(4-2)11(8-10)16(19)20/h2,5-6,8H,3,7H2,1H3,(H2,14,15,17,18). The van der Waals surface area contributed by atoms with Crippen LogP contribution in [0.25, 0.3) is 0 Å². The van der Waals surface area contributed by atoms with Gasteiger partial charge in [0.2, 0.25) is 0 Å². The summed E-state index contributed by atoms with van der Waals surface area (Å²) in [5.74, 6) is 1.43. The number of imide groups is 1. The summed E-state index contributed by atoms with van der Waals surface area (Å²) in [5.41, 5.74) is -0.293. The van der Waals surface area contributed by atoms with Crippen LogP contribution in [-0.2, 0) is 0 Å². The van der Waals surface area contributed by atoms with Crippen molar-refractivity contribution >= 4 is 17.6 Å². The third-order valence-electron chi connectivity index (χ3n) is 2.37. The van der Waals surface area contributed by atoms with Crippen molar-refractivity contribution in [1.29, 1.82) is 0 Å². The summed E-state index contributed by atoms with van der Waals surface area (Å²) in [6, 6.07) is 3.00. The van der Waals surface area contributed by atoms with E-state index in [0.717, 1.165) is 12.5 Å². The van der Waals surface area contributed by atoms with Crippen LogP contribution in [0.2, 0.25) is 0 Å². The molecule has 0 radical (unpaired) electrons. The Labute approximate surface area is 115 Å². The molecule has 104 valence electrons. The van der Waals surface area contributed by atoms with Gasteiger partial charge in [-0.25, -0.2) is 4.79 Å². The van der Waals surface area contributed by atoms with E-state index in [-0.39, 0.29) is 16.8 Å². The summed E-state index contributed by atoms with van der Waals surface area (Å²) < 4.78 is 0. The molecule has 0 aliphatic carbocycles. The fraction of sp³-hybridized carbons (Fsp3) is 0.231. The zero-order valence-corrected chi connectivity index (χ0v) is 10.8. The molecule has 0 atom stereocenters. The minimum Gasteiger partial charge on any atom is -0.338 e. The van der Waals surface area contributed by atoms with Gasteiger partial charge in [0.15, 0.2) is 0 Å². The number of amides is 3. The van der Waals surface area contributed by atoms with Crippen molar-refractivity contribution in [2.75, 3.05) is 6.54 Å². The Balaban J connectivity index is 2.89. The quantitative estimate of drug-likeness (QED) is 0.493. The molecule has 0 bridgehead atoms. The number of terminal acetylenes is 1. The SMILES string of the molecule is C#Cc1ccc(C(=O)NC(=O)NCCC)cc1[N+](=O)[O-]. The van der Waals surface area contributed by atoms with E-state index >= 15 is 0 Å². The van der Waals surface area contributed by atoms with Crippen LogP contribution in [0.5, 0.6) is 0 Å². The molecule has 0 heterocycles. The molecule has 1 aromatic rings. The minimum atomic E-state index is -0.731. The van der Waals surface area contributed by atoms with E-state index in [4.69, 9.17) is 6.42 Å². The highest BCUT2D eigenvalue weighted by Crippen LogP contribution is 2.19. The van der Waals surface area contributed by atoms with Crippen molar-refractivity contribution in [3.63, 3.8) is 0 Å². The van der Waals surface area contributed by atoms with Crippen molar-refractivity contribution in [3.05, 3.63) is 39.4 Å². The van der Waals surface area contributed by atoms with Crippen molar-refractivity contribution < 1.29 is 14.5 Å². The lowest BCUT2D eigenvalue weighted by Gasteiger charge is -2.06. The van der Waals surface area contributed by atoms with Crippen molar-refractivity contribution in [3.8, 4) is 12.3 Å². The first kappa shape index (κ1) is 15.2. The van der Waals surface area contributed by atoms with Gasteiger partial charge >= 0.3 is 6.03 Å². The van der Waals surface area contributed by atoms with Gasteiger partial charge < -0.3 is 5.32 Å². The number of carbonyl (C=O) groups is 2. The molecule has 0 aliphatic heterocycles. The molecule has 2 N–H and O–H groups in total. The Morgan fingerprint density at radius 3 is 2.70 bits per heavy atom. The van der Waals surface area contributed by atoms with Gasteiger partial charge in [0.25, 0.3) is 11.6 Å². The third kappa shape index (κ3) is 3.81. The van der Waals surface area contributed by atoms with E-state index in [1.807, 2.05) is 6.92 Å². The number of hydrogen-bond acceptors (Lipinski definition) is 4. The first-order valence-electron chi connectivity index (χ1n) is 5.83. The normalized spacial score (nSPS) is 9.40. The average Bonchev–Trinajstić information content (AvgIpc) is 2.44. The number of nitrogens with one attached hydrogen (secondary N) is 2. The maximum absolute atomic E-state index is 11.7. The summed E-state index contributed by atoms with van der Waals surface area (Å²) in [5, 5.41) is 15.3. The van der Waals surface area contributed by atoms with Crippen LogP contribution < -0.4 is 10.6 Å². The second-order valence-electron chi connectivity index (χ2n) is 3.84. The molecule has 0 fully saturated rings. The maximum Gasteiger partial charge on any atom is 0.321 e. The Morgan fingerprint density at radius 1 is 1.45 bits per heavy atom. The summed E-state index contributed by atoms with van der Waals surface area (Å²) in [6.45, 7) is 2.29. The lowest BCUT2D eigenvalue weighted by Crippen LogP contribution is -2.39. The number of rotatable bonds is 4. The smallest absolute Gasteiger partial charge is 0.321 e. The van der Waals surface area contributed by atoms with Gasteiger partial charge in [0.05, 0.1) is 4.92 Å². The van der Waals surface area contributed by atoms with E-state index in [1.54, 1.807) is 0 Å². The molecule has 0 unspecified atom stereocenters. The van der Waals surface area contributed by atoms with Crippen molar-refractivity contribution in [1.82, 2.24) is 10.6 Å². The van der Waals surface area contributed by atoms with Gasteiger partial charge in [-0.3, -0.25) is 20.2 Å². The number of benzene rings is 1. The minimum absolute atomic E-state index is 0.0117. The highest BCUT2D eigenvalue weighted by Gasteiger charge is 2.17. The Morgan fingerprint density at radius 2 is 2.15 bits per heavy atom. The summed E-state index contributed by atoms with van der Waals surface area (Å²) >= 11 is 0. The van der Waals surface area contributed by atoms with Crippen molar-refractivity contribution in [2.24, 2.45) is 0 Å². The fourth-order valence-electron chi connectivity index (χ4n) is 1.40. The van der Waals surface area contributed by atoms with Gasteiger partial charge in [-0.15, -0.1) is 6.42 Å². The molecular formula is C13H13N3O4. The molecule has 1 aromatic carbocycles. The molecule has 7 heteroatoms. The zero-order chi connectivity index (χ0) is 15.1. The number of nitro groups is 1. The molecule has 0 spiro atoms. The molecule has 3 amide bonds. The van der Waals surface area contributed by atoms with Crippen LogP contribution >= 0.6 is 0 Å².